The van der Waals surface area contributed by atoms with Gasteiger partial charge in [0.1, 0.15) is 11.9 Å². The van der Waals surface area contributed by atoms with E-state index >= 15 is 0 Å². The smallest absolute Gasteiger partial charge is 0.281 e. The Bertz CT molecular complexity index is 1140. The maximum Gasteiger partial charge on any atom is 0.281 e. The van der Waals surface area contributed by atoms with Gasteiger partial charge in [-0.2, -0.15) is 13.4 Å². The summed E-state index contributed by atoms with van der Waals surface area (Å²) >= 11 is 0. The molecule has 2 aromatic heterocycles. The number of aromatic nitrogens is 2. The molecule has 1 N–H and O–H groups in total. The van der Waals surface area contributed by atoms with Crippen LogP contribution in [-0.4, -0.2) is 42.5 Å². The number of carbonyl (C=O) groups is 1. The molecule has 9 heteroatoms. The lowest BCUT2D eigenvalue weighted by molar-refractivity contribution is 0.0981. The van der Waals surface area contributed by atoms with E-state index in [-0.39, 0.29) is 28.1 Å². The van der Waals surface area contributed by atoms with Crippen LogP contribution < -0.4 is 14.4 Å². The molecule has 2 aromatic rings. The fraction of sp³-hybridized carbons (Fsp3) is 0.560. The summed E-state index contributed by atoms with van der Waals surface area (Å²) < 4.78 is 34.2. The molecule has 1 saturated heterocycles. The second-order valence-electron chi connectivity index (χ2n) is 10.4. The number of carbonyl (C=O) groups excluding carboxylic acids is 1. The third-order valence-electron chi connectivity index (χ3n) is 6.81. The van der Waals surface area contributed by atoms with Crippen molar-refractivity contribution in [3.05, 3.63) is 42.1 Å². The molecule has 1 unspecified atom stereocenters. The van der Waals surface area contributed by atoms with E-state index in [0.29, 0.717) is 17.7 Å². The Balaban J connectivity index is 1.52. The first-order valence-electron chi connectivity index (χ1n) is 12.0. The van der Waals surface area contributed by atoms with Crippen LogP contribution in [0, 0.1) is 11.8 Å². The highest BCUT2D eigenvalue weighted by molar-refractivity contribution is 7.90. The van der Waals surface area contributed by atoms with Crippen LogP contribution >= 0.6 is 0 Å². The normalized spacial score (nSPS) is 24.6. The molecular formula is C25H34N4O4S. The topological polar surface area (TPSA) is 101 Å². The van der Waals surface area contributed by atoms with E-state index in [4.69, 9.17) is 4.74 Å². The number of sulfonamides is 1. The number of anilines is 1. The predicted octanol–water partition coefficient (Wildman–Crippen LogP) is 4.18. The van der Waals surface area contributed by atoms with Gasteiger partial charge >= 0.3 is 0 Å². The number of ether oxygens (including phenoxy) is 1. The monoisotopic (exact) mass is 486 g/mol. The van der Waals surface area contributed by atoms with E-state index in [1.807, 2.05) is 0 Å². The third-order valence-corrected chi connectivity index (χ3v) is 8.04. The molecular weight excluding hydrogens is 452 g/mol. The molecule has 1 atom stereocenters. The second kappa shape index (κ2) is 9.52. The van der Waals surface area contributed by atoms with Gasteiger partial charge < -0.3 is 9.64 Å². The molecule has 2 aliphatic rings. The first-order valence-corrected chi connectivity index (χ1v) is 13.5. The minimum atomic E-state index is -4.20. The van der Waals surface area contributed by atoms with Gasteiger partial charge in [0.25, 0.3) is 15.9 Å². The highest BCUT2D eigenvalue weighted by atomic mass is 32.2. The Labute approximate surface area is 202 Å². The van der Waals surface area contributed by atoms with Gasteiger partial charge in [-0.05, 0) is 76.0 Å². The lowest BCUT2D eigenvalue weighted by Gasteiger charge is -2.33. The second-order valence-corrected chi connectivity index (χ2v) is 12.0. The van der Waals surface area contributed by atoms with Gasteiger partial charge in [0.2, 0.25) is 5.88 Å². The van der Waals surface area contributed by atoms with E-state index in [1.165, 1.54) is 6.07 Å². The molecule has 0 spiro atoms. The van der Waals surface area contributed by atoms with Crippen molar-refractivity contribution >= 4 is 21.7 Å². The summed E-state index contributed by atoms with van der Waals surface area (Å²) in [6.45, 7) is 9.34. The Kier molecular flexibility index (Phi) is 6.85. The first-order chi connectivity index (χ1) is 16.0. The average Bonchev–Trinajstić information content (AvgIpc) is 3.07. The van der Waals surface area contributed by atoms with Crippen LogP contribution in [0.3, 0.4) is 0 Å². The number of pyridine rings is 2. The number of hydrogen-bond acceptors (Lipinski definition) is 7. The number of amides is 1. The minimum Gasteiger partial charge on any atom is -0.474 e. The fourth-order valence-corrected chi connectivity index (χ4v) is 6.03. The van der Waals surface area contributed by atoms with Crippen LogP contribution in [-0.2, 0) is 10.0 Å². The van der Waals surface area contributed by atoms with E-state index in [9.17, 15) is 13.2 Å². The summed E-state index contributed by atoms with van der Waals surface area (Å²) in [4.78, 5) is 23.8. The summed E-state index contributed by atoms with van der Waals surface area (Å²) in [6, 6.07) is 7.82. The van der Waals surface area contributed by atoms with Gasteiger partial charge in [-0.25, -0.2) is 9.71 Å². The number of hydrogen-bond donors (Lipinski definition) is 1. The summed E-state index contributed by atoms with van der Waals surface area (Å²) in [7, 11) is -4.20. The van der Waals surface area contributed by atoms with Gasteiger partial charge in [-0.15, -0.1) is 0 Å². The van der Waals surface area contributed by atoms with Crippen LogP contribution in [0.15, 0.2) is 41.6 Å². The maximum atomic E-state index is 13.1. The van der Waals surface area contributed by atoms with Crippen molar-refractivity contribution in [3.8, 4) is 5.88 Å². The van der Waals surface area contributed by atoms with Crippen LogP contribution in [0.4, 0.5) is 5.82 Å². The predicted molar refractivity (Wildman–Crippen MR) is 130 cm³/mol. The fourth-order valence-electron chi connectivity index (χ4n) is 5.11. The van der Waals surface area contributed by atoms with Crippen LogP contribution in [0.2, 0.25) is 0 Å². The largest absolute Gasteiger partial charge is 0.474 e. The van der Waals surface area contributed by atoms with Crippen molar-refractivity contribution in [2.24, 2.45) is 11.8 Å². The number of nitrogens with one attached hydrogen (secondary N) is 1. The molecule has 184 valence electrons. The molecule has 4 rings (SSSR count). The van der Waals surface area contributed by atoms with Crippen molar-refractivity contribution in [3.63, 3.8) is 0 Å². The van der Waals surface area contributed by atoms with Crippen LogP contribution in [0.25, 0.3) is 0 Å². The Morgan fingerprint density at radius 1 is 1.09 bits per heavy atom. The minimum absolute atomic E-state index is 0.0282. The molecule has 3 heterocycles. The summed E-state index contributed by atoms with van der Waals surface area (Å²) in [5.41, 5.74) is 0.0307. The molecule has 1 aliphatic heterocycles. The molecule has 34 heavy (non-hydrogen) atoms. The van der Waals surface area contributed by atoms with E-state index in [0.717, 1.165) is 38.6 Å². The van der Waals surface area contributed by atoms with Crippen molar-refractivity contribution in [1.29, 1.82) is 0 Å². The van der Waals surface area contributed by atoms with Gasteiger partial charge in [0.15, 0.2) is 5.03 Å². The third kappa shape index (κ3) is 5.35. The average molecular weight is 487 g/mol. The first kappa shape index (κ1) is 24.4. The molecule has 1 saturated carbocycles. The molecule has 0 bridgehead atoms. The standard InChI is InChI=1S/C25H34N4O4S/c1-17-10-12-19(13-11-17)33-21-8-5-9-22(27-21)34(31,32)28-24(30)20-7-6-14-26-23(20)29-16-18(2)15-25(29,3)4/h5-9,14,17-19H,10-13,15-16H2,1-4H3,(H,28,30). The number of nitrogens with zero attached hydrogens (tertiary/aromatic N) is 3. The van der Waals surface area contributed by atoms with Crippen molar-refractivity contribution in [2.75, 3.05) is 11.4 Å². The van der Waals surface area contributed by atoms with Gasteiger partial charge in [0.05, 0.1) is 5.56 Å². The summed E-state index contributed by atoms with van der Waals surface area (Å²) in [5, 5.41) is -0.247. The molecule has 2 fully saturated rings. The Hall–Kier alpha value is -2.68. The van der Waals surface area contributed by atoms with E-state index in [2.05, 4.69) is 47.3 Å². The molecule has 0 radical (unpaired) electrons. The van der Waals surface area contributed by atoms with Crippen molar-refractivity contribution in [2.45, 2.75) is 76.5 Å². The Morgan fingerprint density at radius 3 is 2.50 bits per heavy atom. The zero-order valence-corrected chi connectivity index (χ0v) is 21.1. The van der Waals surface area contributed by atoms with E-state index < -0.39 is 15.9 Å². The zero-order chi connectivity index (χ0) is 24.5. The summed E-state index contributed by atoms with van der Waals surface area (Å²) in [6.07, 6.45) is 6.61. The van der Waals surface area contributed by atoms with Gasteiger partial charge in [-0.3, -0.25) is 4.79 Å². The zero-order valence-electron chi connectivity index (χ0n) is 20.3. The quantitative estimate of drug-likeness (QED) is 0.654. The molecule has 1 amide bonds. The summed E-state index contributed by atoms with van der Waals surface area (Å²) in [5.74, 6) is 1.14. The van der Waals surface area contributed by atoms with Crippen LogP contribution in [0.5, 0.6) is 5.88 Å². The highest BCUT2D eigenvalue weighted by Gasteiger charge is 2.39. The molecule has 1 aliphatic carbocycles. The van der Waals surface area contributed by atoms with Gasteiger partial charge in [-0.1, -0.05) is 19.9 Å². The van der Waals surface area contributed by atoms with Crippen LogP contribution in [0.1, 0.15) is 70.2 Å². The SMILES string of the molecule is CC1CCC(Oc2cccc(S(=O)(=O)NC(=O)c3cccnc3N3CC(C)CC3(C)C)n2)CC1. The number of rotatable bonds is 6. The lowest BCUT2D eigenvalue weighted by Crippen LogP contribution is -2.41. The van der Waals surface area contributed by atoms with Gasteiger partial charge in [0, 0.05) is 24.3 Å². The lowest BCUT2D eigenvalue weighted by atomic mass is 9.89. The highest BCUT2D eigenvalue weighted by Crippen LogP contribution is 2.37. The maximum absolute atomic E-state index is 13.1. The Morgan fingerprint density at radius 2 is 1.82 bits per heavy atom. The van der Waals surface area contributed by atoms with Crippen molar-refractivity contribution in [1.82, 2.24) is 14.7 Å². The van der Waals surface area contributed by atoms with Crippen molar-refractivity contribution < 1.29 is 17.9 Å². The molecule has 8 nitrogen and oxygen atoms in total. The molecule has 0 aromatic carbocycles. The van der Waals surface area contributed by atoms with E-state index in [1.54, 1.807) is 30.5 Å².